The predicted octanol–water partition coefficient (Wildman–Crippen LogP) is 2.93. The highest BCUT2D eigenvalue weighted by molar-refractivity contribution is 4.70. The minimum absolute atomic E-state index is 0.253. The highest BCUT2D eigenvalue weighted by Crippen LogP contribution is 2.01. The van der Waals surface area contributed by atoms with Gasteiger partial charge in [-0.05, 0) is 33.7 Å². The van der Waals surface area contributed by atoms with Crippen LogP contribution in [0.15, 0.2) is 0 Å². The smallest absolute Gasteiger partial charge is 0.00970 e. The molecule has 0 atom stereocenters. The second-order valence-electron chi connectivity index (χ2n) is 5.34. The molecule has 0 aromatic rings. The molecule has 0 aromatic carbocycles. The van der Waals surface area contributed by atoms with Gasteiger partial charge in [0.05, 0.1) is 0 Å². The van der Waals surface area contributed by atoms with E-state index in [9.17, 15) is 0 Å². The SMILES string of the molecule is CCCCCCCNCCNC(C)(C)C. The Kier molecular flexibility index (Phi) is 9.12. The van der Waals surface area contributed by atoms with E-state index in [0.29, 0.717) is 0 Å². The first kappa shape index (κ1) is 14.9. The summed E-state index contributed by atoms with van der Waals surface area (Å²) in [5.41, 5.74) is 0.253. The van der Waals surface area contributed by atoms with Crippen molar-refractivity contribution in [3.63, 3.8) is 0 Å². The Hall–Kier alpha value is -0.0800. The maximum atomic E-state index is 3.47. The van der Waals surface area contributed by atoms with Gasteiger partial charge in [-0.25, -0.2) is 0 Å². The van der Waals surface area contributed by atoms with E-state index in [1.165, 1.54) is 38.6 Å². The van der Waals surface area contributed by atoms with Crippen LogP contribution in [0.1, 0.15) is 59.8 Å². The minimum atomic E-state index is 0.253. The molecule has 2 N–H and O–H groups in total. The van der Waals surface area contributed by atoms with Gasteiger partial charge in [0.25, 0.3) is 0 Å². The molecule has 0 aliphatic carbocycles. The molecule has 0 saturated carbocycles. The van der Waals surface area contributed by atoms with Gasteiger partial charge in [0.15, 0.2) is 0 Å². The van der Waals surface area contributed by atoms with Crippen LogP contribution < -0.4 is 10.6 Å². The second-order valence-corrected chi connectivity index (χ2v) is 5.34. The normalized spacial score (nSPS) is 12.0. The van der Waals surface area contributed by atoms with Gasteiger partial charge in [-0.3, -0.25) is 0 Å². The Bertz CT molecular complexity index is 127. The van der Waals surface area contributed by atoms with Crippen molar-refractivity contribution in [2.75, 3.05) is 19.6 Å². The number of hydrogen-bond donors (Lipinski definition) is 2. The maximum absolute atomic E-state index is 3.47. The van der Waals surface area contributed by atoms with Crippen LogP contribution in [-0.4, -0.2) is 25.2 Å². The molecule has 2 nitrogen and oxygen atoms in total. The van der Waals surface area contributed by atoms with Crippen LogP contribution in [0.2, 0.25) is 0 Å². The molecule has 0 rings (SSSR count). The monoisotopic (exact) mass is 214 g/mol. The van der Waals surface area contributed by atoms with Crippen molar-refractivity contribution in [3.05, 3.63) is 0 Å². The standard InChI is InChI=1S/C13H30N2/c1-5-6-7-8-9-10-14-11-12-15-13(2,3)4/h14-15H,5-12H2,1-4H3. The molecule has 15 heavy (non-hydrogen) atoms. The van der Waals surface area contributed by atoms with E-state index in [1.54, 1.807) is 0 Å². The van der Waals surface area contributed by atoms with E-state index in [1.807, 2.05) is 0 Å². The molecular weight excluding hydrogens is 184 g/mol. The van der Waals surface area contributed by atoms with E-state index < -0.39 is 0 Å². The summed E-state index contributed by atoms with van der Waals surface area (Å²) in [6.45, 7) is 12.2. The third-order valence-electron chi connectivity index (χ3n) is 2.41. The van der Waals surface area contributed by atoms with Crippen LogP contribution in [0.5, 0.6) is 0 Å². The third kappa shape index (κ3) is 13.9. The summed E-state index contributed by atoms with van der Waals surface area (Å²) in [5, 5.41) is 6.94. The molecule has 0 heterocycles. The Morgan fingerprint density at radius 1 is 0.800 bits per heavy atom. The first-order valence-electron chi connectivity index (χ1n) is 6.52. The van der Waals surface area contributed by atoms with Gasteiger partial charge in [0.1, 0.15) is 0 Å². The predicted molar refractivity (Wildman–Crippen MR) is 69.4 cm³/mol. The minimum Gasteiger partial charge on any atom is -0.315 e. The van der Waals surface area contributed by atoms with Crippen molar-refractivity contribution in [2.24, 2.45) is 0 Å². The highest BCUT2D eigenvalue weighted by atomic mass is 15.0. The lowest BCUT2D eigenvalue weighted by Gasteiger charge is -2.20. The maximum Gasteiger partial charge on any atom is 0.00970 e. The summed E-state index contributed by atoms with van der Waals surface area (Å²) in [4.78, 5) is 0. The average molecular weight is 214 g/mol. The summed E-state index contributed by atoms with van der Waals surface area (Å²) < 4.78 is 0. The molecule has 0 fully saturated rings. The molecule has 0 aromatic heterocycles. The topological polar surface area (TPSA) is 24.1 Å². The van der Waals surface area contributed by atoms with Crippen molar-refractivity contribution in [1.29, 1.82) is 0 Å². The molecule has 0 radical (unpaired) electrons. The highest BCUT2D eigenvalue weighted by Gasteiger charge is 2.06. The van der Waals surface area contributed by atoms with Crippen molar-refractivity contribution in [2.45, 2.75) is 65.3 Å². The molecule has 2 heteroatoms. The lowest BCUT2D eigenvalue weighted by molar-refractivity contribution is 0.420. The molecular formula is C13H30N2. The van der Waals surface area contributed by atoms with Gasteiger partial charge in [-0.1, -0.05) is 32.6 Å². The lowest BCUT2D eigenvalue weighted by atomic mass is 10.1. The quantitative estimate of drug-likeness (QED) is 0.577. The fourth-order valence-corrected chi connectivity index (χ4v) is 1.50. The first-order chi connectivity index (χ1) is 7.06. The molecule has 0 aliphatic heterocycles. The van der Waals surface area contributed by atoms with Gasteiger partial charge < -0.3 is 10.6 Å². The van der Waals surface area contributed by atoms with Gasteiger partial charge in [0.2, 0.25) is 0 Å². The van der Waals surface area contributed by atoms with E-state index in [0.717, 1.165) is 13.1 Å². The summed E-state index contributed by atoms with van der Waals surface area (Å²) in [5.74, 6) is 0. The van der Waals surface area contributed by atoms with Crippen LogP contribution in [0.25, 0.3) is 0 Å². The Balaban J connectivity index is 2.99. The largest absolute Gasteiger partial charge is 0.315 e. The summed E-state index contributed by atoms with van der Waals surface area (Å²) in [6, 6.07) is 0. The summed E-state index contributed by atoms with van der Waals surface area (Å²) in [7, 11) is 0. The van der Waals surface area contributed by atoms with Crippen molar-refractivity contribution >= 4 is 0 Å². The van der Waals surface area contributed by atoms with Crippen LogP contribution in [-0.2, 0) is 0 Å². The molecule has 0 saturated heterocycles. The van der Waals surface area contributed by atoms with E-state index in [-0.39, 0.29) is 5.54 Å². The molecule has 92 valence electrons. The Morgan fingerprint density at radius 3 is 2.07 bits per heavy atom. The molecule has 0 bridgehead atoms. The van der Waals surface area contributed by atoms with Crippen molar-refractivity contribution in [1.82, 2.24) is 10.6 Å². The van der Waals surface area contributed by atoms with Crippen molar-refractivity contribution < 1.29 is 0 Å². The van der Waals surface area contributed by atoms with E-state index >= 15 is 0 Å². The zero-order chi connectivity index (χ0) is 11.6. The van der Waals surface area contributed by atoms with Crippen LogP contribution in [0.3, 0.4) is 0 Å². The third-order valence-corrected chi connectivity index (χ3v) is 2.41. The fraction of sp³-hybridized carbons (Fsp3) is 1.00. The molecule has 0 spiro atoms. The number of hydrogen-bond acceptors (Lipinski definition) is 2. The molecule has 0 unspecified atom stereocenters. The Morgan fingerprint density at radius 2 is 1.47 bits per heavy atom. The van der Waals surface area contributed by atoms with E-state index in [4.69, 9.17) is 0 Å². The van der Waals surface area contributed by atoms with Crippen LogP contribution in [0.4, 0.5) is 0 Å². The van der Waals surface area contributed by atoms with Gasteiger partial charge in [0, 0.05) is 18.6 Å². The van der Waals surface area contributed by atoms with Gasteiger partial charge in [-0.15, -0.1) is 0 Å². The fourth-order valence-electron chi connectivity index (χ4n) is 1.50. The number of nitrogens with one attached hydrogen (secondary N) is 2. The van der Waals surface area contributed by atoms with Crippen LogP contribution in [0, 0.1) is 0 Å². The van der Waals surface area contributed by atoms with Crippen LogP contribution >= 0.6 is 0 Å². The number of rotatable bonds is 9. The average Bonchev–Trinajstić information content (AvgIpc) is 2.14. The van der Waals surface area contributed by atoms with Gasteiger partial charge in [-0.2, -0.15) is 0 Å². The van der Waals surface area contributed by atoms with Gasteiger partial charge >= 0.3 is 0 Å². The van der Waals surface area contributed by atoms with Crippen molar-refractivity contribution in [3.8, 4) is 0 Å². The van der Waals surface area contributed by atoms with E-state index in [2.05, 4.69) is 38.3 Å². The first-order valence-corrected chi connectivity index (χ1v) is 6.52. The molecule has 0 amide bonds. The number of unbranched alkanes of at least 4 members (excludes halogenated alkanes) is 4. The summed E-state index contributed by atoms with van der Waals surface area (Å²) in [6.07, 6.45) is 6.84. The zero-order valence-electron chi connectivity index (χ0n) is 11.2. The molecule has 0 aliphatic rings. The lowest BCUT2D eigenvalue weighted by Crippen LogP contribution is -2.40. The summed E-state index contributed by atoms with van der Waals surface area (Å²) >= 11 is 0. The zero-order valence-corrected chi connectivity index (χ0v) is 11.2. The second kappa shape index (κ2) is 9.17. The Labute approximate surface area is 96.2 Å².